The average Bonchev–Trinajstić information content (AvgIpc) is 3.62. The lowest BCUT2D eigenvalue weighted by Gasteiger charge is -2.27. The number of anilines is 3. The van der Waals surface area contributed by atoms with Gasteiger partial charge < -0.3 is 9.47 Å². The first kappa shape index (κ1) is 35.0. The summed E-state index contributed by atoms with van der Waals surface area (Å²) in [5.74, 6) is 0. The summed E-state index contributed by atoms with van der Waals surface area (Å²) in [4.78, 5) is 2.42. The Hall–Kier alpha value is -7.42. The molecule has 0 atom stereocenters. The molecule has 0 fully saturated rings. The van der Waals surface area contributed by atoms with E-state index < -0.39 is 0 Å². The maximum absolute atomic E-state index is 2.45. The van der Waals surface area contributed by atoms with Crippen molar-refractivity contribution in [2.75, 3.05) is 4.90 Å². The summed E-state index contributed by atoms with van der Waals surface area (Å²) in [6.45, 7) is 4.34. The molecule has 2 heteroatoms. The largest absolute Gasteiger partial charge is 0.310 e. The van der Waals surface area contributed by atoms with Crippen molar-refractivity contribution >= 4 is 38.9 Å². The van der Waals surface area contributed by atoms with Crippen molar-refractivity contribution in [3.05, 3.63) is 230 Å². The number of fused-ring (bicyclic) bond motifs is 3. The van der Waals surface area contributed by atoms with Gasteiger partial charge in [0.2, 0.25) is 0 Å². The number of aromatic nitrogens is 1. The zero-order valence-electron chi connectivity index (χ0n) is 32.7. The van der Waals surface area contributed by atoms with Gasteiger partial charge in [-0.25, -0.2) is 0 Å². The SMILES string of the molecule is Cc1cccc(-c2ccc(-n3c4ccccc4c4c(N(c5ccc(-c6ccccc6)cc5)c5ccc(-c6ccccc6)cc5)cccc43)cc2-c2cccc(C)c2)c1. The lowest BCUT2D eigenvalue weighted by atomic mass is 9.92. The van der Waals surface area contributed by atoms with Gasteiger partial charge in [-0.05, 0) is 113 Å². The second-order valence-electron chi connectivity index (χ2n) is 15.2. The van der Waals surface area contributed by atoms with Crippen LogP contribution in [0.1, 0.15) is 11.1 Å². The van der Waals surface area contributed by atoms with Crippen molar-refractivity contribution in [3.8, 4) is 50.2 Å². The number of aryl methyl sites for hydroxylation is 2. The number of hydrogen-bond donors (Lipinski definition) is 0. The maximum atomic E-state index is 2.45. The molecule has 0 spiro atoms. The third kappa shape index (κ3) is 6.45. The lowest BCUT2D eigenvalue weighted by Crippen LogP contribution is -2.10. The molecule has 0 saturated heterocycles. The summed E-state index contributed by atoms with van der Waals surface area (Å²) in [5.41, 5.74) is 18.9. The number of nitrogens with zero attached hydrogens (tertiary/aromatic N) is 2. The van der Waals surface area contributed by atoms with E-state index in [-0.39, 0.29) is 0 Å². The second kappa shape index (κ2) is 14.9. The minimum Gasteiger partial charge on any atom is -0.310 e. The predicted molar refractivity (Wildman–Crippen MR) is 247 cm³/mol. The molecule has 0 unspecified atom stereocenters. The van der Waals surface area contributed by atoms with Gasteiger partial charge in [-0.3, -0.25) is 0 Å². The van der Waals surface area contributed by atoms with Crippen LogP contribution < -0.4 is 4.90 Å². The minimum absolute atomic E-state index is 1.10. The fourth-order valence-corrected chi connectivity index (χ4v) is 8.55. The van der Waals surface area contributed by atoms with Gasteiger partial charge in [0.25, 0.3) is 0 Å². The topological polar surface area (TPSA) is 8.17 Å². The molecule has 10 rings (SSSR count). The first-order valence-corrected chi connectivity index (χ1v) is 20.0. The van der Waals surface area contributed by atoms with E-state index in [0.29, 0.717) is 0 Å². The normalized spacial score (nSPS) is 11.3. The number of benzene rings is 9. The molecule has 0 saturated carbocycles. The van der Waals surface area contributed by atoms with Crippen LogP contribution in [0.15, 0.2) is 218 Å². The highest BCUT2D eigenvalue weighted by Gasteiger charge is 2.22. The van der Waals surface area contributed by atoms with E-state index in [9.17, 15) is 0 Å². The van der Waals surface area contributed by atoms with Crippen molar-refractivity contribution in [3.63, 3.8) is 0 Å². The minimum atomic E-state index is 1.10. The van der Waals surface area contributed by atoms with Gasteiger partial charge in [-0.15, -0.1) is 0 Å². The quantitative estimate of drug-likeness (QED) is 0.150. The van der Waals surface area contributed by atoms with Crippen LogP contribution in [0.5, 0.6) is 0 Å². The Morgan fingerprint density at radius 1 is 0.345 bits per heavy atom. The molecular formula is C56H42N2. The molecule has 0 aliphatic rings. The first-order valence-electron chi connectivity index (χ1n) is 20.0. The second-order valence-corrected chi connectivity index (χ2v) is 15.2. The van der Waals surface area contributed by atoms with E-state index in [1.54, 1.807) is 0 Å². The van der Waals surface area contributed by atoms with E-state index >= 15 is 0 Å². The van der Waals surface area contributed by atoms with Crippen molar-refractivity contribution in [1.82, 2.24) is 4.57 Å². The lowest BCUT2D eigenvalue weighted by molar-refractivity contribution is 1.18. The van der Waals surface area contributed by atoms with E-state index in [0.717, 1.165) is 28.3 Å². The molecule has 10 aromatic rings. The third-order valence-corrected chi connectivity index (χ3v) is 11.3. The summed E-state index contributed by atoms with van der Waals surface area (Å²) in [5, 5.41) is 2.41. The molecule has 58 heavy (non-hydrogen) atoms. The molecule has 0 amide bonds. The molecule has 1 aromatic heterocycles. The molecule has 1 heterocycles. The average molecular weight is 743 g/mol. The van der Waals surface area contributed by atoms with Crippen LogP contribution in [-0.2, 0) is 0 Å². The van der Waals surface area contributed by atoms with Gasteiger partial charge in [0.1, 0.15) is 0 Å². The molecule has 2 nitrogen and oxygen atoms in total. The first-order chi connectivity index (χ1) is 28.6. The summed E-state index contributed by atoms with van der Waals surface area (Å²) in [6.07, 6.45) is 0. The standard InChI is InChI=1S/C56H42N2/c1-39-14-11-20-45(36-39)50-35-34-49(38-52(50)46-21-12-15-40(2)37-46)58-53-23-10-9-22-51(53)56-54(24-13-25-55(56)58)57(47-30-26-43(27-31-47)41-16-5-3-6-17-41)48-32-28-44(29-33-48)42-18-7-4-8-19-42/h3-38H,1-2H3. The third-order valence-electron chi connectivity index (χ3n) is 11.3. The van der Waals surface area contributed by atoms with Crippen molar-refractivity contribution in [2.24, 2.45) is 0 Å². The highest BCUT2D eigenvalue weighted by atomic mass is 15.1. The number of hydrogen-bond acceptors (Lipinski definition) is 1. The van der Waals surface area contributed by atoms with Gasteiger partial charge in [0.15, 0.2) is 0 Å². The summed E-state index contributed by atoms with van der Waals surface area (Å²) in [6, 6.07) is 79.4. The Kier molecular flexibility index (Phi) is 9.01. The Morgan fingerprint density at radius 2 is 0.828 bits per heavy atom. The fraction of sp³-hybridized carbons (Fsp3) is 0.0357. The Morgan fingerprint density at radius 3 is 1.41 bits per heavy atom. The van der Waals surface area contributed by atoms with E-state index in [1.165, 1.54) is 71.9 Å². The molecule has 0 bridgehead atoms. The highest BCUT2D eigenvalue weighted by molar-refractivity contribution is 6.16. The Balaban J connectivity index is 1.18. The molecule has 0 aliphatic carbocycles. The maximum Gasteiger partial charge on any atom is 0.0562 e. The summed E-state index contributed by atoms with van der Waals surface area (Å²) >= 11 is 0. The zero-order chi connectivity index (χ0) is 39.0. The van der Waals surface area contributed by atoms with Gasteiger partial charge in [0, 0.05) is 27.8 Å². The van der Waals surface area contributed by atoms with Crippen molar-refractivity contribution < 1.29 is 0 Å². The summed E-state index contributed by atoms with van der Waals surface area (Å²) < 4.78 is 2.45. The molecule has 0 radical (unpaired) electrons. The number of para-hydroxylation sites is 1. The Labute approximate surface area is 340 Å². The van der Waals surface area contributed by atoms with Gasteiger partial charge >= 0.3 is 0 Å². The molecule has 0 aliphatic heterocycles. The number of rotatable bonds is 8. The van der Waals surface area contributed by atoms with Crippen LogP contribution in [-0.4, -0.2) is 4.57 Å². The predicted octanol–water partition coefficient (Wildman–Crippen LogP) is 15.5. The molecule has 0 N–H and O–H groups in total. The van der Waals surface area contributed by atoms with Crippen LogP contribution in [0.25, 0.3) is 72.0 Å². The van der Waals surface area contributed by atoms with Crippen LogP contribution in [0.3, 0.4) is 0 Å². The summed E-state index contributed by atoms with van der Waals surface area (Å²) in [7, 11) is 0. The van der Waals surface area contributed by atoms with Crippen molar-refractivity contribution in [1.29, 1.82) is 0 Å². The van der Waals surface area contributed by atoms with Crippen LogP contribution in [0.2, 0.25) is 0 Å². The van der Waals surface area contributed by atoms with Crippen LogP contribution in [0, 0.1) is 13.8 Å². The van der Waals surface area contributed by atoms with Gasteiger partial charge in [0.05, 0.1) is 16.7 Å². The van der Waals surface area contributed by atoms with Crippen LogP contribution >= 0.6 is 0 Å². The van der Waals surface area contributed by atoms with Gasteiger partial charge in [-0.2, -0.15) is 0 Å². The monoisotopic (exact) mass is 742 g/mol. The van der Waals surface area contributed by atoms with E-state index in [1.807, 2.05) is 0 Å². The molecule has 9 aromatic carbocycles. The van der Waals surface area contributed by atoms with E-state index in [4.69, 9.17) is 0 Å². The van der Waals surface area contributed by atoms with Crippen LogP contribution in [0.4, 0.5) is 17.1 Å². The highest BCUT2D eigenvalue weighted by Crippen LogP contribution is 2.45. The smallest absolute Gasteiger partial charge is 0.0562 e. The fourth-order valence-electron chi connectivity index (χ4n) is 8.55. The zero-order valence-corrected chi connectivity index (χ0v) is 32.7. The van der Waals surface area contributed by atoms with Gasteiger partial charge in [-0.1, -0.05) is 175 Å². The Bertz CT molecular complexity index is 2970. The molecule has 276 valence electrons. The van der Waals surface area contributed by atoms with Crippen molar-refractivity contribution in [2.45, 2.75) is 13.8 Å². The van der Waals surface area contributed by atoms with E-state index in [2.05, 4.69) is 242 Å². The molecular weight excluding hydrogens is 701 g/mol.